The van der Waals surface area contributed by atoms with Gasteiger partial charge in [-0.05, 0) is 35.9 Å². The monoisotopic (exact) mass is 278 g/mol. The highest BCUT2D eigenvalue weighted by Gasteiger charge is 2.05. The maximum atomic E-state index is 13.4. The average molecular weight is 278 g/mol. The number of anilines is 1. The number of aromatic nitrogens is 2. The Morgan fingerprint density at radius 3 is 2.90 bits per heavy atom. The van der Waals surface area contributed by atoms with Crippen molar-refractivity contribution in [1.82, 2.24) is 9.97 Å². The summed E-state index contributed by atoms with van der Waals surface area (Å²) in [4.78, 5) is 8.26. The first-order valence-electron chi connectivity index (χ1n) is 6.39. The van der Waals surface area contributed by atoms with Gasteiger partial charge in [-0.1, -0.05) is 12.1 Å². The van der Waals surface area contributed by atoms with Gasteiger partial charge in [0, 0.05) is 11.9 Å². The van der Waals surface area contributed by atoms with E-state index in [1.54, 1.807) is 18.2 Å². The van der Waals surface area contributed by atoms with E-state index in [4.69, 9.17) is 5.26 Å². The van der Waals surface area contributed by atoms with Gasteiger partial charge in [0.15, 0.2) is 0 Å². The summed E-state index contributed by atoms with van der Waals surface area (Å²) < 4.78 is 13.4. The SMILES string of the molecule is N#Cc1cccc(CNc2ncnc3ccc(F)cc23)c1. The van der Waals surface area contributed by atoms with Crippen LogP contribution in [0, 0.1) is 17.1 Å². The maximum Gasteiger partial charge on any atom is 0.137 e. The van der Waals surface area contributed by atoms with Crippen LogP contribution >= 0.6 is 0 Å². The molecule has 0 bridgehead atoms. The van der Waals surface area contributed by atoms with Crippen molar-refractivity contribution in [3.63, 3.8) is 0 Å². The number of nitrogens with zero attached hydrogens (tertiary/aromatic N) is 3. The zero-order chi connectivity index (χ0) is 14.7. The second-order valence-corrected chi connectivity index (χ2v) is 4.55. The molecule has 1 N–H and O–H groups in total. The van der Waals surface area contributed by atoms with E-state index in [2.05, 4.69) is 21.4 Å². The Bertz CT molecular complexity index is 839. The fourth-order valence-corrected chi connectivity index (χ4v) is 2.11. The molecule has 0 spiro atoms. The highest BCUT2D eigenvalue weighted by atomic mass is 19.1. The molecular weight excluding hydrogens is 267 g/mol. The van der Waals surface area contributed by atoms with Crippen molar-refractivity contribution in [2.45, 2.75) is 6.54 Å². The molecule has 5 heteroatoms. The number of nitrogens with one attached hydrogen (secondary N) is 1. The Morgan fingerprint density at radius 2 is 2.05 bits per heavy atom. The van der Waals surface area contributed by atoms with Crippen LogP contribution in [0.15, 0.2) is 48.8 Å². The molecular formula is C16H11FN4. The van der Waals surface area contributed by atoms with Crippen LogP contribution in [0.4, 0.5) is 10.2 Å². The van der Waals surface area contributed by atoms with Crippen LogP contribution in [-0.2, 0) is 6.54 Å². The topological polar surface area (TPSA) is 61.6 Å². The average Bonchev–Trinajstić information content (AvgIpc) is 2.53. The van der Waals surface area contributed by atoms with Crippen molar-refractivity contribution < 1.29 is 4.39 Å². The van der Waals surface area contributed by atoms with Gasteiger partial charge in [-0.2, -0.15) is 5.26 Å². The Morgan fingerprint density at radius 1 is 1.14 bits per heavy atom. The molecule has 1 heterocycles. The van der Waals surface area contributed by atoms with E-state index in [9.17, 15) is 4.39 Å². The molecule has 0 amide bonds. The van der Waals surface area contributed by atoms with Gasteiger partial charge >= 0.3 is 0 Å². The lowest BCUT2D eigenvalue weighted by Gasteiger charge is -2.08. The predicted molar refractivity (Wildman–Crippen MR) is 78.0 cm³/mol. The van der Waals surface area contributed by atoms with E-state index in [-0.39, 0.29) is 5.82 Å². The first-order chi connectivity index (χ1) is 10.3. The summed E-state index contributed by atoms with van der Waals surface area (Å²) in [6, 6.07) is 13.8. The molecule has 0 unspecified atom stereocenters. The Kier molecular flexibility index (Phi) is 3.44. The molecule has 0 atom stereocenters. The molecule has 3 aromatic rings. The molecule has 4 nitrogen and oxygen atoms in total. The maximum absolute atomic E-state index is 13.4. The fraction of sp³-hybridized carbons (Fsp3) is 0.0625. The van der Waals surface area contributed by atoms with Gasteiger partial charge in [0.05, 0.1) is 17.1 Å². The molecule has 102 valence electrons. The van der Waals surface area contributed by atoms with Crippen molar-refractivity contribution in [2.24, 2.45) is 0 Å². The second kappa shape index (κ2) is 5.55. The van der Waals surface area contributed by atoms with Crippen LogP contribution in [0.3, 0.4) is 0 Å². The lowest BCUT2D eigenvalue weighted by atomic mass is 10.1. The summed E-state index contributed by atoms with van der Waals surface area (Å²) in [5, 5.41) is 12.7. The van der Waals surface area contributed by atoms with Crippen LogP contribution in [0.5, 0.6) is 0 Å². The van der Waals surface area contributed by atoms with Crippen LogP contribution in [0.1, 0.15) is 11.1 Å². The highest BCUT2D eigenvalue weighted by molar-refractivity contribution is 5.88. The molecule has 0 aliphatic carbocycles. The van der Waals surface area contributed by atoms with Crippen LogP contribution < -0.4 is 5.32 Å². The summed E-state index contributed by atoms with van der Waals surface area (Å²) >= 11 is 0. The van der Waals surface area contributed by atoms with Gasteiger partial charge in [0.1, 0.15) is 18.0 Å². The lowest BCUT2D eigenvalue weighted by molar-refractivity contribution is 0.629. The Labute approximate surface area is 120 Å². The first kappa shape index (κ1) is 13.0. The van der Waals surface area contributed by atoms with E-state index in [0.717, 1.165) is 5.56 Å². The summed E-state index contributed by atoms with van der Waals surface area (Å²) in [5.74, 6) is 0.244. The van der Waals surface area contributed by atoms with Gasteiger partial charge in [0.2, 0.25) is 0 Å². The lowest BCUT2D eigenvalue weighted by Crippen LogP contribution is -2.03. The molecule has 0 saturated heterocycles. The second-order valence-electron chi connectivity index (χ2n) is 4.55. The summed E-state index contributed by atoms with van der Waals surface area (Å²) in [5.41, 5.74) is 2.24. The number of nitriles is 1. The van der Waals surface area contributed by atoms with E-state index in [1.807, 2.05) is 12.1 Å². The first-order valence-corrected chi connectivity index (χ1v) is 6.39. The molecule has 1 aromatic heterocycles. The number of fused-ring (bicyclic) bond motifs is 1. The van der Waals surface area contributed by atoms with E-state index in [0.29, 0.717) is 28.8 Å². The third-order valence-corrected chi connectivity index (χ3v) is 3.11. The molecule has 3 rings (SSSR count). The summed E-state index contributed by atoms with van der Waals surface area (Å²) in [6.45, 7) is 0.498. The van der Waals surface area contributed by atoms with Gasteiger partial charge in [-0.25, -0.2) is 14.4 Å². The minimum Gasteiger partial charge on any atom is -0.365 e. The zero-order valence-electron chi connectivity index (χ0n) is 11.0. The number of rotatable bonds is 3. The molecule has 2 aromatic carbocycles. The largest absolute Gasteiger partial charge is 0.365 e. The minimum atomic E-state index is -0.327. The Hall–Kier alpha value is -3.00. The fourth-order valence-electron chi connectivity index (χ4n) is 2.11. The van der Waals surface area contributed by atoms with Crippen molar-refractivity contribution >= 4 is 16.7 Å². The standard InChI is InChI=1S/C16H11FN4/c17-13-4-5-15-14(7-13)16(21-10-20-15)19-9-12-3-1-2-11(6-12)8-18/h1-7,10H,9H2,(H,19,20,21). The Balaban J connectivity index is 1.88. The minimum absolute atomic E-state index is 0.327. The smallest absolute Gasteiger partial charge is 0.137 e. The predicted octanol–water partition coefficient (Wildman–Crippen LogP) is 3.25. The van der Waals surface area contributed by atoms with Gasteiger partial charge < -0.3 is 5.32 Å². The number of halogens is 1. The van der Waals surface area contributed by atoms with E-state index in [1.165, 1.54) is 18.5 Å². The number of hydrogen-bond acceptors (Lipinski definition) is 4. The van der Waals surface area contributed by atoms with Crippen molar-refractivity contribution in [3.05, 3.63) is 65.7 Å². The molecule has 0 aliphatic rings. The molecule has 0 aliphatic heterocycles. The van der Waals surface area contributed by atoms with Crippen LogP contribution in [0.2, 0.25) is 0 Å². The van der Waals surface area contributed by atoms with E-state index >= 15 is 0 Å². The third kappa shape index (κ3) is 2.79. The molecule has 0 fully saturated rings. The van der Waals surface area contributed by atoms with Crippen molar-refractivity contribution in [2.75, 3.05) is 5.32 Å². The highest BCUT2D eigenvalue weighted by Crippen LogP contribution is 2.20. The molecule has 0 radical (unpaired) electrons. The third-order valence-electron chi connectivity index (χ3n) is 3.11. The van der Waals surface area contributed by atoms with Crippen molar-refractivity contribution in [1.29, 1.82) is 5.26 Å². The van der Waals surface area contributed by atoms with E-state index < -0.39 is 0 Å². The number of hydrogen-bond donors (Lipinski definition) is 1. The van der Waals surface area contributed by atoms with Gasteiger partial charge in [-0.15, -0.1) is 0 Å². The molecule has 21 heavy (non-hydrogen) atoms. The zero-order valence-corrected chi connectivity index (χ0v) is 11.0. The van der Waals surface area contributed by atoms with Crippen molar-refractivity contribution in [3.8, 4) is 6.07 Å². The number of benzene rings is 2. The summed E-state index contributed by atoms with van der Waals surface area (Å²) in [7, 11) is 0. The van der Waals surface area contributed by atoms with Gasteiger partial charge in [0.25, 0.3) is 0 Å². The summed E-state index contributed by atoms with van der Waals surface area (Å²) in [6.07, 6.45) is 1.44. The van der Waals surface area contributed by atoms with Gasteiger partial charge in [-0.3, -0.25) is 0 Å². The van der Waals surface area contributed by atoms with Crippen LogP contribution in [-0.4, -0.2) is 9.97 Å². The molecule has 0 saturated carbocycles. The normalized spacial score (nSPS) is 10.3. The van der Waals surface area contributed by atoms with Crippen LogP contribution in [0.25, 0.3) is 10.9 Å². The quantitative estimate of drug-likeness (QED) is 0.798.